The smallest absolute Gasteiger partial charge is 0.333 e. The number of carbonyl (C=O) groups is 3. The Morgan fingerprint density at radius 2 is 1.23 bits per heavy atom. The average Bonchev–Trinajstić information content (AvgIpc) is 3.10. The van der Waals surface area contributed by atoms with E-state index in [1.54, 1.807) is 0 Å². The van der Waals surface area contributed by atoms with Gasteiger partial charge in [0.1, 0.15) is 30.8 Å². The van der Waals surface area contributed by atoms with E-state index in [-0.39, 0.29) is 37.9 Å². The summed E-state index contributed by atoms with van der Waals surface area (Å²) in [6.07, 6.45) is 10.6. The van der Waals surface area contributed by atoms with Gasteiger partial charge in [0.25, 0.3) is 0 Å². The molecule has 0 atom stereocenters. The SMILES string of the molecule is C=CC(=O)OCCOc1ccc(-c2ccc(/C=C/c3ccc(OCCCOC(=O)C(=C)CC(=O)OC4CCCCC4)cc3)cc2)cc1. The first-order valence-corrected chi connectivity index (χ1v) is 16.0. The molecule has 3 aromatic carbocycles. The molecule has 4 rings (SSSR count). The van der Waals surface area contributed by atoms with Gasteiger partial charge >= 0.3 is 17.9 Å². The quantitative estimate of drug-likeness (QED) is 0.0487. The fourth-order valence-corrected chi connectivity index (χ4v) is 4.93. The Kier molecular flexibility index (Phi) is 13.9. The molecule has 1 aliphatic rings. The molecule has 0 aliphatic heterocycles. The van der Waals surface area contributed by atoms with E-state index in [1.165, 1.54) is 6.42 Å². The normalized spacial score (nSPS) is 13.0. The summed E-state index contributed by atoms with van der Waals surface area (Å²) in [7, 11) is 0. The summed E-state index contributed by atoms with van der Waals surface area (Å²) >= 11 is 0. The summed E-state index contributed by atoms with van der Waals surface area (Å²) in [5, 5.41) is 0. The Hall–Kier alpha value is -5.11. The molecule has 0 spiro atoms. The zero-order chi connectivity index (χ0) is 33.3. The fraction of sp³-hybridized carbons (Fsp3) is 0.308. The molecule has 0 aromatic heterocycles. The highest BCUT2D eigenvalue weighted by Crippen LogP contribution is 2.24. The van der Waals surface area contributed by atoms with E-state index in [0.29, 0.717) is 18.8 Å². The van der Waals surface area contributed by atoms with Crippen molar-refractivity contribution in [2.75, 3.05) is 26.4 Å². The molecule has 1 saturated carbocycles. The highest BCUT2D eigenvalue weighted by atomic mass is 16.6. The van der Waals surface area contributed by atoms with Crippen molar-refractivity contribution in [2.45, 2.75) is 51.0 Å². The van der Waals surface area contributed by atoms with Crippen LogP contribution in [0.15, 0.2) is 97.6 Å². The standard InChI is InChI=1S/C39H42O8/c1-3-37(40)45-27-26-44-35-22-18-33(19-23-35)32-16-12-30(13-17-32)10-11-31-14-20-34(21-15-31)43-24-7-25-46-39(42)29(2)28-38(41)47-36-8-5-4-6-9-36/h3,10-23,36H,1-2,4-9,24-28H2/b11-10+. The van der Waals surface area contributed by atoms with Crippen molar-refractivity contribution in [3.8, 4) is 22.6 Å². The predicted molar refractivity (Wildman–Crippen MR) is 182 cm³/mol. The Morgan fingerprint density at radius 3 is 1.85 bits per heavy atom. The Morgan fingerprint density at radius 1 is 0.681 bits per heavy atom. The number of hydrogen-bond donors (Lipinski definition) is 0. The molecule has 1 fully saturated rings. The molecule has 0 amide bonds. The van der Waals surface area contributed by atoms with Gasteiger partial charge in [0.05, 0.1) is 19.6 Å². The van der Waals surface area contributed by atoms with Gasteiger partial charge in [-0.1, -0.05) is 80.3 Å². The zero-order valence-electron chi connectivity index (χ0n) is 26.7. The molecule has 0 heterocycles. The van der Waals surface area contributed by atoms with Crippen molar-refractivity contribution in [1.82, 2.24) is 0 Å². The molecule has 246 valence electrons. The zero-order valence-corrected chi connectivity index (χ0v) is 26.7. The van der Waals surface area contributed by atoms with Crippen LogP contribution in [0.3, 0.4) is 0 Å². The topological polar surface area (TPSA) is 97.4 Å². The minimum absolute atomic E-state index is 0.0468. The summed E-state index contributed by atoms with van der Waals surface area (Å²) < 4.78 is 27.0. The molecule has 8 nitrogen and oxygen atoms in total. The van der Waals surface area contributed by atoms with Crippen LogP contribution in [-0.4, -0.2) is 50.4 Å². The maximum atomic E-state index is 12.2. The van der Waals surface area contributed by atoms with Crippen molar-refractivity contribution < 1.29 is 38.1 Å². The van der Waals surface area contributed by atoms with Crippen molar-refractivity contribution in [2.24, 2.45) is 0 Å². The summed E-state index contributed by atoms with van der Waals surface area (Å²) in [6.45, 7) is 8.04. The number of hydrogen-bond acceptors (Lipinski definition) is 8. The molecule has 0 radical (unpaired) electrons. The van der Waals surface area contributed by atoms with Gasteiger partial charge in [0, 0.05) is 18.1 Å². The summed E-state index contributed by atoms with van der Waals surface area (Å²) in [5.74, 6) is -0.0495. The molecule has 8 heteroatoms. The second-order valence-corrected chi connectivity index (χ2v) is 11.1. The van der Waals surface area contributed by atoms with E-state index in [2.05, 4.69) is 37.4 Å². The predicted octanol–water partition coefficient (Wildman–Crippen LogP) is 7.77. The van der Waals surface area contributed by atoms with E-state index in [0.717, 1.165) is 59.8 Å². The van der Waals surface area contributed by atoms with Crippen LogP contribution < -0.4 is 9.47 Å². The summed E-state index contributed by atoms with van der Waals surface area (Å²) in [6, 6.07) is 23.8. The van der Waals surface area contributed by atoms with E-state index in [1.807, 2.05) is 60.7 Å². The molecule has 0 bridgehead atoms. The van der Waals surface area contributed by atoms with Crippen LogP contribution in [0.1, 0.15) is 56.1 Å². The van der Waals surface area contributed by atoms with Crippen LogP contribution >= 0.6 is 0 Å². The van der Waals surface area contributed by atoms with Gasteiger partial charge in [-0.05, 0) is 72.2 Å². The molecule has 47 heavy (non-hydrogen) atoms. The summed E-state index contributed by atoms with van der Waals surface area (Å²) in [5.41, 5.74) is 4.36. The van der Waals surface area contributed by atoms with Crippen LogP contribution in [0.4, 0.5) is 0 Å². The van der Waals surface area contributed by atoms with Crippen molar-refractivity contribution in [3.63, 3.8) is 0 Å². The second-order valence-electron chi connectivity index (χ2n) is 11.1. The van der Waals surface area contributed by atoms with E-state index in [4.69, 9.17) is 23.7 Å². The molecule has 3 aromatic rings. The van der Waals surface area contributed by atoms with Gasteiger partial charge in [0.15, 0.2) is 0 Å². The third kappa shape index (κ3) is 12.3. The monoisotopic (exact) mass is 638 g/mol. The number of benzene rings is 3. The first-order valence-electron chi connectivity index (χ1n) is 16.0. The van der Waals surface area contributed by atoms with Crippen LogP contribution in [0, 0.1) is 0 Å². The molecule has 0 N–H and O–H groups in total. The highest BCUT2D eigenvalue weighted by Gasteiger charge is 2.20. The van der Waals surface area contributed by atoms with Crippen LogP contribution in [0.2, 0.25) is 0 Å². The van der Waals surface area contributed by atoms with Crippen LogP contribution in [-0.2, 0) is 28.6 Å². The fourth-order valence-electron chi connectivity index (χ4n) is 4.93. The third-order valence-electron chi connectivity index (χ3n) is 7.50. The van der Waals surface area contributed by atoms with Gasteiger partial charge in [-0.25, -0.2) is 9.59 Å². The van der Waals surface area contributed by atoms with Gasteiger partial charge in [-0.2, -0.15) is 0 Å². The Bertz CT molecular complexity index is 1500. The highest BCUT2D eigenvalue weighted by molar-refractivity contribution is 5.93. The van der Waals surface area contributed by atoms with Crippen molar-refractivity contribution in [3.05, 3.63) is 109 Å². The lowest BCUT2D eigenvalue weighted by Crippen LogP contribution is -2.22. The lowest BCUT2D eigenvalue weighted by atomic mass is 9.98. The Balaban J connectivity index is 1.12. The molecule has 0 saturated heterocycles. The second kappa shape index (κ2) is 18.8. The van der Waals surface area contributed by atoms with Crippen LogP contribution in [0.5, 0.6) is 11.5 Å². The maximum Gasteiger partial charge on any atom is 0.333 e. The number of ether oxygens (including phenoxy) is 5. The third-order valence-corrected chi connectivity index (χ3v) is 7.50. The number of rotatable bonds is 17. The summed E-state index contributed by atoms with van der Waals surface area (Å²) in [4.78, 5) is 35.3. The Labute approximate surface area is 276 Å². The van der Waals surface area contributed by atoms with Crippen molar-refractivity contribution in [1.29, 1.82) is 0 Å². The first-order chi connectivity index (χ1) is 22.9. The first kappa shape index (κ1) is 34.8. The molecular formula is C39H42O8. The van der Waals surface area contributed by atoms with E-state index < -0.39 is 17.9 Å². The molecule has 1 aliphatic carbocycles. The minimum Gasteiger partial charge on any atom is -0.493 e. The minimum atomic E-state index is -0.584. The maximum absolute atomic E-state index is 12.2. The molecule has 0 unspecified atom stereocenters. The molecular weight excluding hydrogens is 596 g/mol. The number of carbonyl (C=O) groups excluding carboxylic acids is 3. The van der Waals surface area contributed by atoms with Gasteiger partial charge < -0.3 is 23.7 Å². The van der Waals surface area contributed by atoms with Gasteiger partial charge in [-0.15, -0.1) is 0 Å². The van der Waals surface area contributed by atoms with Crippen LogP contribution in [0.25, 0.3) is 23.3 Å². The van der Waals surface area contributed by atoms with E-state index in [9.17, 15) is 14.4 Å². The largest absolute Gasteiger partial charge is 0.493 e. The van der Waals surface area contributed by atoms with Gasteiger partial charge in [-0.3, -0.25) is 4.79 Å². The van der Waals surface area contributed by atoms with Crippen molar-refractivity contribution >= 4 is 30.1 Å². The lowest BCUT2D eigenvalue weighted by Gasteiger charge is -2.21. The van der Waals surface area contributed by atoms with E-state index >= 15 is 0 Å². The van der Waals surface area contributed by atoms with Gasteiger partial charge in [0.2, 0.25) is 0 Å². The number of esters is 3. The lowest BCUT2D eigenvalue weighted by molar-refractivity contribution is -0.151. The average molecular weight is 639 g/mol.